The molecule has 7 rings (SSSR count). The van der Waals surface area contributed by atoms with E-state index in [1.807, 2.05) is 18.2 Å². The molecule has 3 aliphatic rings. The standard InChI is InChI=1S/C30H28N4O2.C2HF3O2/c1-34-12-11-19-5-3-18(13-21(19)17-34)4-9-26-23-8-6-20(14-28(23)33-32-26)25-16-30(25)24-15-22(36-2)7-10-27(24)31-29(30)35;3-2(4,5)1(6)7/h3-10,13-15,25H,11-12,16-17H2,1-2H3,(H,31,35)(H,32,33);(H,6,7)/b9-4+;/t25-,30-;/m0./s1. The molecule has 3 N–H and O–H groups in total. The summed E-state index contributed by atoms with van der Waals surface area (Å²) in [6.07, 6.45) is 1.06. The summed E-state index contributed by atoms with van der Waals surface area (Å²) in [5.74, 6) is -1.75. The number of hydrogen-bond donors (Lipinski definition) is 3. The van der Waals surface area contributed by atoms with E-state index in [1.165, 1.54) is 16.7 Å². The summed E-state index contributed by atoms with van der Waals surface area (Å²) in [5, 5.41) is 19.1. The largest absolute Gasteiger partial charge is 0.497 e. The fourth-order valence-electron chi connectivity index (χ4n) is 6.10. The van der Waals surface area contributed by atoms with Gasteiger partial charge in [0.15, 0.2) is 0 Å². The number of rotatable bonds is 4. The van der Waals surface area contributed by atoms with E-state index in [0.717, 1.165) is 65.1 Å². The van der Waals surface area contributed by atoms with Crippen molar-refractivity contribution in [2.24, 2.45) is 0 Å². The minimum absolute atomic E-state index is 0.0836. The Bertz CT molecular complexity index is 1780. The van der Waals surface area contributed by atoms with E-state index in [1.54, 1.807) is 7.11 Å². The van der Waals surface area contributed by atoms with Crippen LogP contribution >= 0.6 is 0 Å². The van der Waals surface area contributed by atoms with Crippen molar-refractivity contribution in [3.63, 3.8) is 0 Å². The summed E-state index contributed by atoms with van der Waals surface area (Å²) in [6.45, 7) is 2.12. The number of halogens is 3. The van der Waals surface area contributed by atoms with Crippen molar-refractivity contribution in [1.82, 2.24) is 15.1 Å². The van der Waals surface area contributed by atoms with Gasteiger partial charge >= 0.3 is 12.1 Å². The lowest BCUT2D eigenvalue weighted by atomic mass is 9.91. The molecule has 1 fully saturated rings. The molecule has 4 aromatic rings. The normalized spacial score (nSPS) is 20.9. The third kappa shape index (κ3) is 5.25. The number of H-pyrrole nitrogens is 1. The molecule has 3 aromatic carbocycles. The van der Waals surface area contributed by atoms with Gasteiger partial charge in [-0.1, -0.05) is 36.4 Å². The average molecular weight is 591 g/mol. The Balaban J connectivity index is 0.000000423. The van der Waals surface area contributed by atoms with Crippen LogP contribution in [0.25, 0.3) is 23.1 Å². The maximum absolute atomic E-state index is 13.0. The molecule has 3 heterocycles. The van der Waals surface area contributed by atoms with Crippen LogP contribution in [0.2, 0.25) is 0 Å². The number of nitrogens with zero attached hydrogens (tertiary/aromatic N) is 2. The molecule has 11 heteroatoms. The van der Waals surface area contributed by atoms with Crippen molar-refractivity contribution in [1.29, 1.82) is 0 Å². The van der Waals surface area contributed by atoms with Gasteiger partial charge in [-0.3, -0.25) is 9.89 Å². The number of carboxylic acids is 1. The fraction of sp³-hybridized carbons (Fsp3) is 0.281. The summed E-state index contributed by atoms with van der Waals surface area (Å²) in [7, 11) is 3.83. The third-order valence-corrected chi connectivity index (χ3v) is 8.45. The zero-order valence-corrected chi connectivity index (χ0v) is 23.5. The Hall–Kier alpha value is -4.64. The quantitative estimate of drug-likeness (QED) is 0.280. The summed E-state index contributed by atoms with van der Waals surface area (Å²) in [4.78, 5) is 24.3. The number of aromatic amines is 1. The molecule has 1 aromatic heterocycles. The van der Waals surface area contributed by atoms with Crippen LogP contribution in [0.4, 0.5) is 18.9 Å². The van der Waals surface area contributed by atoms with Crippen LogP contribution in [-0.2, 0) is 28.0 Å². The first-order valence-electron chi connectivity index (χ1n) is 13.8. The van der Waals surface area contributed by atoms with Gasteiger partial charge in [0.2, 0.25) is 5.91 Å². The van der Waals surface area contributed by atoms with E-state index in [2.05, 4.69) is 76.0 Å². The highest BCUT2D eigenvalue weighted by atomic mass is 19.4. The van der Waals surface area contributed by atoms with Crippen molar-refractivity contribution in [2.45, 2.75) is 36.9 Å². The molecule has 1 amide bonds. The lowest BCUT2D eigenvalue weighted by Crippen LogP contribution is -2.26. The molecule has 222 valence electrons. The summed E-state index contributed by atoms with van der Waals surface area (Å²) in [5.41, 5.74) is 8.57. The predicted molar refractivity (Wildman–Crippen MR) is 156 cm³/mol. The van der Waals surface area contributed by atoms with E-state index in [0.29, 0.717) is 0 Å². The number of hydrogen-bond acceptors (Lipinski definition) is 5. The maximum atomic E-state index is 13.0. The van der Waals surface area contributed by atoms with Gasteiger partial charge in [-0.05, 0) is 78.0 Å². The number of carboxylic acid groups (broad SMARTS) is 1. The van der Waals surface area contributed by atoms with Gasteiger partial charge in [-0.2, -0.15) is 18.3 Å². The Kier molecular flexibility index (Phi) is 7.00. The Labute approximate surface area is 245 Å². The van der Waals surface area contributed by atoms with E-state index in [-0.39, 0.29) is 11.8 Å². The van der Waals surface area contributed by atoms with Gasteiger partial charge in [0.1, 0.15) is 5.75 Å². The molecule has 0 bridgehead atoms. The van der Waals surface area contributed by atoms with E-state index >= 15 is 0 Å². The van der Waals surface area contributed by atoms with Gasteiger partial charge in [-0.25, -0.2) is 4.79 Å². The first-order valence-corrected chi connectivity index (χ1v) is 13.8. The first-order chi connectivity index (χ1) is 20.5. The number of alkyl halides is 3. The summed E-state index contributed by atoms with van der Waals surface area (Å²) < 4.78 is 37.2. The number of likely N-dealkylation sites (N-methyl/N-ethyl adjacent to an activating group) is 1. The highest BCUT2D eigenvalue weighted by molar-refractivity contribution is 6.10. The van der Waals surface area contributed by atoms with Crippen LogP contribution in [-0.4, -0.2) is 59.0 Å². The van der Waals surface area contributed by atoms with Crippen molar-refractivity contribution < 1.29 is 32.6 Å². The monoisotopic (exact) mass is 590 g/mol. The second-order valence-electron chi connectivity index (χ2n) is 11.2. The van der Waals surface area contributed by atoms with Crippen LogP contribution < -0.4 is 10.1 Å². The Morgan fingerprint density at radius 2 is 1.91 bits per heavy atom. The zero-order valence-electron chi connectivity index (χ0n) is 23.5. The lowest BCUT2D eigenvalue weighted by molar-refractivity contribution is -0.192. The molecule has 1 aliphatic carbocycles. The Morgan fingerprint density at radius 1 is 1.12 bits per heavy atom. The lowest BCUT2D eigenvalue weighted by Gasteiger charge is -2.25. The minimum Gasteiger partial charge on any atom is -0.497 e. The average Bonchev–Trinajstić information content (AvgIpc) is 3.52. The molecular weight excluding hydrogens is 561 g/mol. The molecule has 2 aliphatic heterocycles. The van der Waals surface area contributed by atoms with Gasteiger partial charge in [0.05, 0.1) is 23.7 Å². The zero-order chi connectivity index (χ0) is 30.5. The number of methoxy groups -OCH3 is 1. The van der Waals surface area contributed by atoms with Crippen LogP contribution in [0.1, 0.15) is 45.8 Å². The van der Waals surface area contributed by atoms with Gasteiger partial charge in [0, 0.05) is 30.1 Å². The smallest absolute Gasteiger partial charge is 0.490 e. The van der Waals surface area contributed by atoms with Crippen LogP contribution in [0.5, 0.6) is 5.75 Å². The van der Waals surface area contributed by atoms with E-state index in [4.69, 9.17) is 14.6 Å². The summed E-state index contributed by atoms with van der Waals surface area (Å²) in [6, 6.07) is 19.0. The van der Waals surface area contributed by atoms with Crippen molar-refractivity contribution >= 4 is 40.6 Å². The fourth-order valence-corrected chi connectivity index (χ4v) is 6.10. The minimum atomic E-state index is -5.08. The maximum Gasteiger partial charge on any atom is 0.490 e. The molecular formula is C32H29F3N4O4. The number of aliphatic carboxylic acids is 1. The van der Waals surface area contributed by atoms with Crippen LogP contribution in [0.3, 0.4) is 0 Å². The topological polar surface area (TPSA) is 108 Å². The molecule has 8 nitrogen and oxygen atoms in total. The highest BCUT2D eigenvalue weighted by Gasteiger charge is 2.65. The van der Waals surface area contributed by atoms with Gasteiger partial charge < -0.3 is 20.1 Å². The number of carbonyl (C=O) groups is 2. The van der Waals surface area contributed by atoms with Gasteiger partial charge in [-0.15, -0.1) is 0 Å². The summed E-state index contributed by atoms with van der Waals surface area (Å²) >= 11 is 0. The Morgan fingerprint density at radius 3 is 2.65 bits per heavy atom. The number of anilines is 1. The number of carbonyl (C=O) groups excluding carboxylic acids is 1. The van der Waals surface area contributed by atoms with Crippen molar-refractivity contribution in [3.05, 3.63) is 88.1 Å². The second-order valence-corrected chi connectivity index (χ2v) is 11.2. The molecule has 0 radical (unpaired) electrons. The number of fused-ring (bicyclic) bond motifs is 4. The molecule has 0 unspecified atom stereocenters. The number of amides is 1. The molecule has 1 spiro atoms. The molecule has 2 atom stereocenters. The highest BCUT2D eigenvalue weighted by Crippen LogP contribution is 2.65. The van der Waals surface area contributed by atoms with Crippen LogP contribution in [0.15, 0.2) is 54.6 Å². The number of nitrogens with one attached hydrogen (secondary N) is 2. The first kappa shape index (κ1) is 28.5. The van der Waals surface area contributed by atoms with Gasteiger partial charge in [0.25, 0.3) is 0 Å². The van der Waals surface area contributed by atoms with E-state index < -0.39 is 17.6 Å². The third-order valence-electron chi connectivity index (χ3n) is 8.45. The number of ether oxygens (including phenoxy) is 1. The number of aromatic nitrogens is 2. The molecule has 1 saturated carbocycles. The molecule has 0 saturated heterocycles. The SMILES string of the molecule is COc1ccc2c(c1)[C@]1(C[C@H]1c1ccc3c(/C=C/c4ccc5c(c4)CN(C)CC5)n[nH]c3c1)C(=O)N2.O=C(O)C(F)(F)F. The van der Waals surface area contributed by atoms with E-state index in [9.17, 15) is 18.0 Å². The number of benzene rings is 3. The van der Waals surface area contributed by atoms with Crippen molar-refractivity contribution in [2.75, 3.05) is 26.0 Å². The molecule has 43 heavy (non-hydrogen) atoms. The second kappa shape index (κ2) is 10.6. The van der Waals surface area contributed by atoms with Crippen molar-refractivity contribution in [3.8, 4) is 5.75 Å². The predicted octanol–water partition coefficient (Wildman–Crippen LogP) is 5.74. The van der Waals surface area contributed by atoms with Crippen LogP contribution in [0, 0.1) is 0 Å².